The second-order valence-electron chi connectivity index (χ2n) is 3.98. The number of nitrogens with one attached hydrogen (secondary N) is 1. The molecule has 0 fully saturated rings. The van der Waals surface area contributed by atoms with Gasteiger partial charge in [0.1, 0.15) is 9.75 Å². The van der Waals surface area contributed by atoms with E-state index in [-0.39, 0.29) is 11.9 Å². The van der Waals surface area contributed by atoms with Crippen LogP contribution in [0, 0.1) is 13.8 Å². The molecule has 1 N–H and O–H groups in total. The molecule has 2 aromatic rings. The highest BCUT2D eigenvalue weighted by Crippen LogP contribution is 2.28. The van der Waals surface area contributed by atoms with E-state index in [0.717, 1.165) is 17.1 Å². The van der Waals surface area contributed by atoms with Crippen molar-refractivity contribution in [3.8, 4) is 0 Å². The van der Waals surface area contributed by atoms with Gasteiger partial charge in [-0.3, -0.25) is 4.79 Å². The molecular formula is C12H13N3O3S2. The molecule has 0 spiro atoms. The number of carbonyl (C=O) groups excluding carboxylic acids is 2. The van der Waals surface area contributed by atoms with E-state index in [0.29, 0.717) is 27.1 Å². The van der Waals surface area contributed by atoms with Crippen LogP contribution in [0.2, 0.25) is 0 Å². The molecule has 6 nitrogen and oxygen atoms in total. The molecular weight excluding hydrogens is 298 g/mol. The number of hydrogen-bond acceptors (Lipinski definition) is 7. The van der Waals surface area contributed by atoms with Crippen LogP contribution in [0.1, 0.15) is 37.5 Å². The first-order chi connectivity index (χ1) is 9.52. The van der Waals surface area contributed by atoms with Crippen LogP contribution in [0.15, 0.2) is 6.07 Å². The fourth-order valence-corrected chi connectivity index (χ4v) is 3.06. The third-order valence-electron chi connectivity index (χ3n) is 2.47. The minimum atomic E-state index is -0.369. The van der Waals surface area contributed by atoms with E-state index in [1.807, 2.05) is 0 Å². The number of anilines is 1. The van der Waals surface area contributed by atoms with E-state index in [9.17, 15) is 9.59 Å². The molecule has 2 heterocycles. The number of amides is 1. The van der Waals surface area contributed by atoms with E-state index in [1.165, 1.54) is 11.3 Å². The van der Waals surface area contributed by atoms with Gasteiger partial charge in [-0.25, -0.2) is 4.79 Å². The normalized spacial score (nSPS) is 10.3. The van der Waals surface area contributed by atoms with Crippen molar-refractivity contribution in [2.45, 2.75) is 20.8 Å². The molecule has 0 unspecified atom stereocenters. The van der Waals surface area contributed by atoms with Crippen molar-refractivity contribution in [2.75, 3.05) is 11.9 Å². The van der Waals surface area contributed by atoms with Gasteiger partial charge < -0.3 is 10.1 Å². The minimum absolute atomic E-state index is 0.269. The van der Waals surface area contributed by atoms with Crippen molar-refractivity contribution >= 4 is 39.7 Å². The Bertz CT molecular complexity index is 648. The predicted octanol–water partition coefficient (Wildman–Crippen LogP) is 2.65. The second-order valence-corrected chi connectivity index (χ2v) is 5.79. The van der Waals surface area contributed by atoms with Crippen molar-refractivity contribution in [1.82, 2.24) is 9.59 Å². The zero-order valence-electron chi connectivity index (χ0n) is 11.2. The predicted molar refractivity (Wildman–Crippen MR) is 77.6 cm³/mol. The average molecular weight is 311 g/mol. The molecule has 0 bridgehead atoms. The summed E-state index contributed by atoms with van der Waals surface area (Å²) in [7, 11) is 0. The maximum Gasteiger partial charge on any atom is 0.348 e. The Labute approximate surface area is 123 Å². The standard InChI is InChI=1S/C12H13N3O3S2/c1-4-18-12(17)9-6(2)5-8(19-9)13-11(16)10-7(3)14-15-20-10/h5H,4H2,1-3H3,(H,13,16). The Hall–Kier alpha value is -1.80. The third kappa shape index (κ3) is 3.02. The topological polar surface area (TPSA) is 81.2 Å². The van der Waals surface area contributed by atoms with Gasteiger partial charge in [-0.2, -0.15) is 0 Å². The van der Waals surface area contributed by atoms with Crippen LogP contribution in [-0.2, 0) is 4.74 Å². The van der Waals surface area contributed by atoms with Crippen LogP contribution >= 0.6 is 22.9 Å². The molecule has 2 rings (SSSR count). The fourth-order valence-electron chi connectivity index (χ4n) is 1.55. The van der Waals surface area contributed by atoms with Gasteiger partial charge in [0.25, 0.3) is 5.91 Å². The molecule has 106 valence electrons. The van der Waals surface area contributed by atoms with Gasteiger partial charge in [-0.1, -0.05) is 4.49 Å². The lowest BCUT2D eigenvalue weighted by atomic mass is 10.3. The Morgan fingerprint density at radius 2 is 2.10 bits per heavy atom. The van der Waals surface area contributed by atoms with E-state index < -0.39 is 0 Å². The number of aryl methyl sites for hydroxylation is 2. The molecule has 8 heteroatoms. The van der Waals surface area contributed by atoms with E-state index in [1.54, 1.807) is 26.8 Å². The first-order valence-electron chi connectivity index (χ1n) is 5.90. The van der Waals surface area contributed by atoms with Crippen LogP contribution < -0.4 is 5.32 Å². The number of ether oxygens (including phenoxy) is 1. The lowest BCUT2D eigenvalue weighted by Gasteiger charge is -2.00. The Morgan fingerprint density at radius 1 is 1.35 bits per heavy atom. The van der Waals surface area contributed by atoms with Crippen molar-refractivity contribution in [3.63, 3.8) is 0 Å². The van der Waals surface area contributed by atoms with E-state index >= 15 is 0 Å². The number of esters is 1. The van der Waals surface area contributed by atoms with Crippen molar-refractivity contribution in [1.29, 1.82) is 0 Å². The second kappa shape index (κ2) is 6.10. The van der Waals surface area contributed by atoms with E-state index in [2.05, 4.69) is 14.9 Å². The van der Waals surface area contributed by atoms with Crippen molar-refractivity contribution < 1.29 is 14.3 Å². The molecule has 0 saturated heterocycles. The largest absolute Gasteiger partial charge is 0.462 e. The number of rotatable bonds is 4. The summed E-state index contributed by atoms with van der Waals surface area (Å²) in [6, 6.07) is 1.75. The van der Waals surface area contributed by atoms with Crippen LogP contribution in [0.25, 0.3) is 0 Å². The zero-order valence-corrected chi connectivity index (χ0v) is 12.9. The maximum atomic E-state index is 12.0. The number of aromatic nitrogens is 2. The van der Waals surface area contributed by atoms with Crippen molar-refractivity contribution in [3.05, 3.63) is 27.1 Å². The van der Waals surface area contributed by atoms with E-state index in [4.69, 9.17) is 4.74 Å². The molecule has 1 amide bonds. The summed E-state index contributed by atoms with van der Waals surface area (Å²) in [5, 5.41) is 7.14. The van der Waals surface area contributed by atoms with Gasteiger partial charge in [-0.15, -0.1) is 16.4 Å². The molecule has 0 atom stereocenters. The number of thiophene rings is 1. The summed E-state index contributed by atoms with van der Waals surface area (Å²) >= 11 is 2.24. The van der Waals surface area contributed by atoms with Crippen LogP contribution in [0.5, 0.6) is 0 Å². The summed E-state index contributed by atoms with van der Waals surface area (Å²) in [6.07, 6.45) is 0. The Balaban J connectivity index is 2.15. The van der Waals surface area contributed by atoms with Gasteiger partial charge in [-0.05, 0) is 43.9 Å². The summed E-state index contributed by atoms with van der Waals surface area (Å²) in [6.45, 7) is 5.60. The van der Waals surface area contributed by atoms with Gasteiger partial charge in [0.2, 0.25) is 0 Å². The molecule has 0 aliphatic rings. The fraction of sp³-hybridized carbons (Fsp3) is 0.333. The monoisotopic (exact) mass is 311 g/mol. The molecule has 20 heavy (non-hydrogen) atoms. The van der Waals surface area contributed by atoms with Crippen LogP contribution in [0.4, 0.5) is 5.00 Å². The first-order valence-corrected chi connectivity index (χ1v) is 7.49. The SMILES string of the molecule is CCOC(=O)c1sc(NC(=O)c2snnc2C)cc1C. The first kappa shape index (κ1) is 14.6. The summed E-state index contributed by atoms with van der Waals surface area (Å²) in [5.74, 6) is -0.639. The van der Waals surface area contributed by atoms with Gasteiger partial charge >= 0.3 is 5.97 Å². The lowest BCUT2D eigenvalue weighted by Crippen LogP contribution is -2.10. The molecule has 0 saturated carbocycles. The molecule has 2 aromatic heterocycles. The molecule has 0 aliphatic heterocycles. The quantitative estimate of drug-likeness (QED) is 0.878. The summed E-state index contributed by atoms with van der Waals surface area (Å²) in [5.41, 5.74) is 1.37. The minimum Gasteiger partial charge on any atom is -0.462 e. The maximum absolute atomic E-state index is 12.0. The van der Waals surface area contributed by atoms with Gasteiger partial charge in [0.05, 0.1) is 17.3 Å². The smallest absolute Gasteiger partial charge is 0.348 e. The highest BCUT2D eigenvalue weighted by Gasteiger charge is 2.18. The van der Waals surface area contributed by atoms with Gasteiger partial charge in [0, 0.05) is 0 Å². The van der Waals surface area contributed by atoms with Gasteiger partial charge in [0.15, 0.2) is 0 Å². The molecule has 0 radical (unpaired) electrons. The number of carbonyl (C=O) groups is 2. The number of nitrogens with zero attached hydrogens (tertiary/aromatic N) is 2. The van der Waals surface area contributed by atoms with Crippen molar-refractivity contribution in [2.24, 2.45) is 0 Å². The van der Waals surface area contributed by atoms with Crippen LogP contribution in [-0.4, -0.2) is 28.1 Å². The highest BCUT2D eigenvalue weighted by atomic mass is 32.1. The highest BCUT2D eigenvalue weighted by molar-refractivity contribution is 7.18. The summed E-state index contributed by atoms with van der Waals surface area (Å²) < 4.78 is 8.68. The Kier molecular flexibility index (Phi) is 4.46. The molecule has 0 aliphatic carbocycles. The molecule has 0 aromatic carbocycles. The van der Waals surface area contributed by atoms with Crippen LogP contribution in [0.3, 0.4) is 0 Å². The third-order valence-corrected chi connectivity index (χ3v) is 4.43. The lowest BCUT2D eigenvalue weighted by molar-refractivity contribution is 0.0531. The zero-order chi connectivity index (χ0) is 14.7. The average Bonchev–Trinajstić information content (AvgIpc) is 2.96. The Morgan fingerprint density at radius 3 is 2.70 bits per heavy atom. The summed E-state index contributed by atoms with van der Waals surface area (Å²) in [4.78, 5) is 24.7. The number of hydrogen-bond donors (Lipinski definition) is 1.